The first-order chi connectivity index (χ1) is 8.08. The van der Waals surface area contributed by atoms with Crippen LogP contribution in [0.25, 0.3) is 0 Å². The molecular weight excluding hydrogens is 216 g/mol. The minimum Gasteiger partial charge on any atom is -0.421 e. The monoisotopic (exact) mass is 232 g/mol. The molecule has 2 rings (SSSR count). The predicted octanol–water partition coefficient (Wildman–Crippen LogP) is 1.68. The Morgan fingerprint density at radius 1 is 1.24 bits per heavy atom. The number of rotatable bonds is 3. The summed E-state index contributed by atoms with van der Waals surface area (Å²) in [6, 6.07) is 5.66. The zero-order valence-electron chi connectivity index (χ0n) is 10.3. The summed E-state index contributed by atoms with van der Waals surface area (Å²) in [6.07, 6.45) is 0. The molecule has 0 spiro atoms. The van der Waals surface area contributed by atoms with Crippen LogP contribution in [0.5, 0.6) is 11.8 Å². The van der Waals surface area contributed by atoms with Gasteiger partial charge in [-0.3, -0.25) is 0 Å². The van der Waals surface area contributed by atoms with Gasteiger partial charge in [0.2, 0.25) is 11.8 Å². The van der Waals surface area contributed by atoms with E-state index in [-0.39, 0.29) is 0 Å². The van der Waals surface area contributed by atoms with Crippen LogP contribution in [-0.2, 0) is 13.6 Å². The van der Waals surface area contributed by atoms with Crippen molar-refractivity contribution < 1.29 is 4.74 Å². The Kier molecular flexibility index (Phi) is 3.10. The van der Waals surface area contributed by atoms with Gasteiger partial charge in [-0.05, 0) is 25.5 Å². The minimum atomic E-state index is 0.476. The van der Waals surface area contributed by atoms with Gasteiger partial charge in [-0.25, -0.2) is 9.67 Å². The molecule has 0 fully saturated rings. The summed E-state index contributed by atoms with van der Waals surface area (Å²) in [5.41, 5.74) is 8.42. The smallest absolute Gasteiger partial charge is 0.221 e. The lowest BCUT2D eigenvalue weighted by Crippen LogP contribution is -2.01. The Morgan fingerprint density at radius 3 is 2.59 bits per heavy atom. The second-order valence-electron chi connectivity index (χ2n) is 4.01. The van der Waals surface area contributed by atoms with E-state index in [2.05, 4.69) is 10.1 Å². The Hall–Kier alpha value is -1.88. The molecule has 2 aromatic rings. The van der Waals surface area contributed by atoms with E-state index in [9.17, 15) is 0 Å². The predicted molar refractivity (Wildman–Crippen MR) is 64.9 cm³/mol. The van der Waals surface area contributed by atoms with Crippen molar-refractivity contribution in [1.82, 2.24) is 14.8 Å². The van der Waals surface area contributed by atoms with Crippen LogP contribution in [-0.4, -0.2) is 14.8 Å². The molecule has 17 heavy (non-hydrogen) atoms. The van der Waals surface area contributed by atoms with Crippen LogP contribution >= 0.6 is 0 Å². The number of aryl methyl sites for hydroxylation is 3. The van der Waals surface area contributed by atoms with Crippen molar-refractivity contribution in [2.75, 3.05) is 0 Å². The number of nitrogens with two attached hydrogens (primary N) is 1. The van der Waals surface area contributed by atoms with E-state index >= 15 is 0 Å². The highest BCUT2D eigenvalue weighted by Crippen LogP contribution is 2.21. The fourth-order valence-electron chi connectivity index (χ4n) is 1.67. The number of hydrogen-bond donors (Lipinski definition) is 1. The molecule has 0 bridgehead atoms. The number of hydrogen-bond acceptors (Lipinski definition) is 4. The summed E-state index contributed by atoms with van der Waals surface area (Å²) in [6.45, 7) is 4.31. The van der Waals surface area contributed by atoms with Crippen LogP contribution in [0.4, 0.5) is 0 Å². The quantitative estimate of drug-likeness (QED) is 0.874. The molecule has 0 aliphatic rings. The summed E-state index contributed by atoms with van der Waals surface area (Å²) in [5, 5.41) is 4.21. The average Bonchev–Trinajstić information content (AvgIpc) is 2.56. The second kappa shape index (κ2) is 4.55. The topological polar surface area (TPSA) is 66.0 Å². The SMILES string of the molecule is Cc1cc(CN)cc(Oc2cc(C)nn2C)n1. The Labute approximate surface area is 100 Å². The lowest BCUT2D eigenvalue weighted by atomic mass is 10.2. The van der Waals surface area contributed by atoms with Crippen LogP contribution in [0.1, 0.15) is 17.0 Å². The van der Waals surface area contributed by atoms with E-state index in [1.807, 2.05) is 39.1 Å². The van der Waals surface area contributed by atoms with Gasteiger partial charge in [-0.15, -0.1) is 0 Å². The van der Waals surface area contributed by atoms with Gasteiger partial charge in [0.15, 0.2) is 0 Å². The first-order valence-electron chi connectivity index (χ1n) is 5.44. The number of ether oxygens (including phenoxy) is 1. The van der Waals surface area contributed by atoms with E-state index in [1.54, 1.807) is 4.68 Å². The van der Waals surface area contributed by atoms with Crippen molar-refractivity contribution in [2.45, 2.75) is 20.4 Å². The van der Waals surface area contributed by atoms with Gasteiger partial charge in [-0.1, -0.05) is 0 Å². The second-order valence-corrected chi connectivity index (χ2v) is 4.01. The van der Waals surface area contributed by atoms with Gasteiger partial charge in [-0.2, -0.15) is 5.10 Å². The molecule has 0 radical (unpaired) electrons. The largest absolute Gasteiger partial charge is 0.421 e. The fraction of sp³-hybridized carbons (Fsp3) is 0.333. The summed E-state index contributed by atoms with van der Waals surface area (Å²) >= 11 is 0. The molecular formula is C12H16N4O. The molecule has 5 nitrogen and oxygen atoms in total. The van der Waals surface area contributed by atoms with Crippen LogP contribution < -0.4 is 10.5 Å². The molecule has 2 aromatic heterocycles. The zero-order valence-corrected chi connectivity index (χ0v) is 10.3. The van der Waals surface area contributed by atoms with E-state index in [1.165, 1.54) is 0 Å². The van der Waals surface area contributed by atoms with Crippen LogP contribution in [0.15, 0.2) is 18.2 Å². The Balaban J connectivity index is 2.29. The van der Waals surface area contributed by atoms with Crippen LogP contribution in [0.3, 0.4) is 0 Å². The maximum absolute atomic E-state index is 5.69. The highest BCUT2D eigenvalue weighted by Gasteiger charge is 2.06. The van der Waals surface area contributed by atoms with E-state index in [4.69, 9.17) is 10.5 Å². The molecule has 5 heteroatoms. The van der Waals surface area contributed by atoms with Crippen molar-refractivity contribution in [1.29, 1.82) is 0 Å². The average molecular weight is 232 g/mol. The van der Waals surface area contributed by atoms with Gasteiger partial charge in [0.1, 0.15) is 0 Å². The maximum Gasteiger partial charge on any atom is 0.221 e. The van der Waals surface area contributed by atoms with Crippen LogP contribution in [0.2, 0.25) is 0 Å². The molecule has 0 saturated heterocycles. The normalized spacial score (nSPS) is 10.6. The van der Waals surface area contributed by atoms with Gasteiger partial charge in [0, 0.05) is 31.4 Å². The fourth-order valence-corrected chi connectivity index (χ4v) is 1.67. The number of nitrogens with zero attached hydrogens (tertiary/aromatic N) is 3. The lowest BCUT2D eigenvalue weighted by molar-refractivity contribution is 0.414. The van der Waals surface area contributed by atoms with E-state index in [0.717, 1.165) is 17.0 Å². The Morgan fingerprint density at radius 2 is 2.00 bits per heavy atom. The molecule has 0 aliphatic heterocycles. The molecule has 90 valence electrons. The number of aromatic nitrogens is 3. The van der Waals surface area contributed by atoms with E-state index < -0.39 is 0 Å². The third-order valence-electron chi connectivity index (χ3n) is 2.39. The lowest BCUT2D eigenvalue weighted by Gasteiger charge is -2.07. The molecule has 0 amide bonds. The van der Waals surface area contributed by atoms with Gasteiger partial charge in [0.25, 0.3) is 0 Å². The van der Waals surface area contributed by atoms with Crippen molar-refractivity contribution in [3.8, 4) is 11.8 Å². The summed E-state index contributed by atoms with van der Waals surface area (Å²) in [4.78, 5) is 4.31. The summed E-state index contributed by atoms with van der Waals surface area (Å²) < 4.78 is 7.37. The zero-order chi connectivity index (χ0) is 12.4. The van der Waals surface area contributed by atoms with E-state index in [0.29, 0.717) is 18.3 Å². The summed E-state index contributed by atoms with van der Waals surface area (Å²) in [7, 11) is 1.84. The highest BCUT2D eigenvalue weighted by molar-refractivity contribution is 5.28. The van der Waals surface area contributed by atoms with Gasteiger partial charge >= 0.3 is 0 Å². The van der Waals surface area contributed by atoms with Crippen molar-refractivity contribution >= 4 is 0 Å². The maximum atomic E-state index is 5.69. The molecule has 2 heterocycles. The first-order valence-corrected chi connectivity index (χ1v) is 5.44. The minimum absolute atomic E-state index is 0.476. The highest BCUT2D eigenvalue weighted by atomic mass is 16.5. The third-order valence-corrected chi connectivity index (χ3v) is 2.39. The molecule has 0 aliphatic carbocycles. The third kappa shape index (κ3) is 2.62. The van der Waals surface area contributed by atoms with Crippen LogP contribution in [0, 0.1) is 13.8 Å². The van der Waals surface area contributed by atoms with Crippen molar-refractivity contribution in [3.05, 3.63) is 35.2 Å². The van der Waals surface area contributed by atoms with Gasteiger partial charge in [0.05, 0.1) is 5.69 Å². The first kappa shape index (κ1) is 11.6. The molecule has 0 saturated carbocycles. The molecule has 0 aromatic carbocycles. The standard InChI is InChI=1S/C12H16N4O/c1-8-4-10(7-13)6-11(14-8)17-12-5-9(2)15-16(12)3/h4-6H,7,13H2,1-3H3. The number of pyridine rings is 1. The summed E-state index contributed by atoms with van der Waals surface area (Å²) in [5.74, 6) is 1.22. The molecule has 0 atom stereocenters. The Bertz CT molecular complexity index is 533. The van der Waals surface area contributed by atoms with Gasteiger partial charge < -0.3 is 10.5 Å². The molecule has 0 unspecified atom stereocenters. The molecule has 2 N–H and O–H groups in total. The van der Waals surface area contributed by atoms with Crippen molar-refractivity contribution in [2.24, 2.45) is 12.8 Å². The van der Waals surface area contributed by atoms with Crippen molar-refractivity contribution in [3.63, 3.8) is 0 Å².